The number of para-hydroxylation sites is 1. The van der Waals surface area contributed by atoms with Gasteiger partial charge in [-0.25, -0.2) is 0 Å². The third kappa shape index (κ3) is 2.78. The van der Waals surface area contributed by atoms with E-state index in [0.29, 0.717) is 24.3 Å². The SMILES string of the molecule is Cc1cccc2c1OCCC(NC(=O)C(C)C)C2=O. The van der Waals surface area contributed by atoms with Gasteiger partial charge in [0.2, 0.25) is 5.91 Å². The number of fused-ring (bicyclic) bond motifs is 1. The molecule has 0 fully saturated rings. The van der Waals surface area contributed by atoms with Crippen molar-refractivity contribution in [2.75, 3.05) is 6.61 Å². The lowest BCUT2D eigenvalue weighted by atomic mass is 9.99. The molecule has 0 spiro atoms. The lowest BCUT2D eigenvalue weighted by Gasteiger charge is -2.16. The molecule has 0 aromatic heterocycles. The number of rotatable bonds is 2. The van der Waals surface area contributed by atoms with E-state index in [9.17, 15) is 9.59 Å². The first-order valence-corrected chi connectivity index (χ1v) is 6.57. The number of amides is 1. The summed E-state index contributed by atoms with van der Waals surface area (Å²) >= 11 is 0. The number of aryl methyl sites for hydroxylation is 1. The molecule has 0 bridgehead atoms. The Hall–Kier alpha value is -1.84. The topological polar surface area (TPSA) is 55.4 Å². The van der Waals surface area contributed by atoms with Crippen LogP contribution in [0.2, 0.25) is 0 Å². The van der Waals surface area contributed by atoms with Gasteiger partial charge < -0.3 is 10.1 Å². The second-order valence-electron chi connectivity index (χ2n) is 5.17. The Morgan fingerprint density at radius 3 is 2.84 bits per heavy atom. The van der Waals surface area contributed by atoms with E-state index in [4.69, 9.17) is 4.74 Å². The van der Waals surface area contributed by atoms with E-state index in [1.165, 1.54) is 0 Å². The maximum atomic E-state index is 12.5. The highest BCUT2D eigenvalue weighted by molar-refractivity contribution is 6.04. The van der Waals surface area contributed by atoms with Crippen LogP contribution in [-0.2, 0) is 4.79 Å². The quantitative estimate of drug-likeness (QED) is 0.887. The molecule has 1 aliphatic heterocycles. The molecule has 4 heteroatoms. The van der Waals surface area contributed by atoms with Crippen LogP contribution < -0.4 is 10.1 Å². The normalized spacial score (nSPS) is 18.5. The van der Waals surface area contributed by atoms with Gasteiger partial charge in [-0.05, 0) is 18.6 Å². The second-order valence-corrected chi connectivity index (χ2v) is 5.17. The molecule has 0 aliphatic carbocycles. The number of hydrogen-bond donors (Lipinski definition) is 1. The molecule has 1 atom stereocenters. The highest BCUT2D eigenvalue weighted by atomic mass is 16.5. The van der Waals surface area contributed by atoms with Crippen molar-refractivity contribution in [1.29, 1.82) is 0 Å². The minimum atomic E-state index is -0.488. The molecule has 1 aromatic rings. The van der Waals surface area contributed by atoms with Gasteiger partial charge in [-0.3, -0.25) is 9.59 Å². The number of ether oxygens (including phenoxy) is 1. The van der Waals surface area contributed by atoms with Crippen LogP contribution in [-0.4, -0.2) is 24.3 Å². The average molecular weight is 261 g/mol. The van der Waals surface area contributed by atoms with Gasteiger partial charge >= 0.3 is 0 Å². The maximum Gasteiger partial charge on any atom is 0.223 e. The van der Waals surface area contributed by atoms with Gasteiger partial charge in [0.1, 0.15) is 5.75 Å². The summed E-state index contributed by atoms with van der Waals surface area (Å²) in [5.41, 5.74) is 1.51. The summed E-state index contributed by atoms with van der Waals surface area (Å²) in [6, 6.07) is 5.02. The van der Waals surface area contributed by atoms with Crippen LogP contribution >= 0.6 is 0 Å². The number of Topliss-reactive ketones (excluding diaryl/α,β-unsaturated/α-hetero) is 1. The van der Waals surface area contributed by atoms with Gasteiger partial charge in [0.15, 0.2) is 5.78 Å². The largest absolute Gasteiger partial charge is 0.492 e. The number of carbonyl (C=O) groups is 2. The van der Waals surface area contributed by atoms with Crippen LogP contribution in [0.15, 0.2) is 18.2 Å². The summed E-state index contributed by atoms with van der Waals surface area (Å²) in [5.74, 6) is 0.349. The molecule has 2 rings (SSSR count). The number of nitrogens with one attached hydrogen (secondary N) is 1. The molecule has 0 radical (unpaired) electrons. The molecule has 102 valence electrons. The van der Waals surface area contributed by atoms with Crippen LogP contribution in [0, 0.1) is 12.8 Å². The summed E-state index contributed by atoms with van der Waals surface area (Å²) < 4.78 is 5.65. The van der Waals surface area contributed by atoms with Gasteiger partial charge in [0.25, 0.3) is 0 Å². The smallest absolute Gasteiger partial charge is 0.223 e. The van der Waals surface area contributed by atoms with E-state index in [1.54, 1.807) is 6.07 Å². The number of benzene rings is 1. The minimum absolute atomic E-state index is 0.0646. The number of carbonyl (C=O) groups excluding carboxylic acids is 2. The molecule has 1 heterocycles. The summed E-state index contributed by atoms with van der Waals surface area (Å²) in [4.78, 5) is 24.2. The second kappa shape index (κ2) is 5.43. The van der Waals surface area contributed by atoms with Gasteiger partial charge in [0, 0.05) is 12.3 Å². The molecule has 1 N–H and O–H groups in total. The fourth-order valence-electron chi connectivity index (χ4n) is 2.11. The van der Waals surface area contributed by atoms with Crippen LogP contribution in [0.25, 0.3) is 0 Å². The van der Waals surface area contributed by atoms with E-state index in [-0.39, 0.29) is 17.6 Å². The van der Waals surface area contributed by atoms with Crippen molar-refractivity contribution in [3.63, 3.8) is 0 Å². The van der Waals surface area contributed by atoms with E-state index in [1.807, 2.05) is 32.9 Å². The Bertz CT molecular complexity index is 508. The zero-order chi connectivity index (χ0) is 14.0. The van der Waals surface area contributed by atoms with E-state index in [2.05, 4.69) is 5.32 Å². The Balaban J connectivity index is 2.26. The fraction of sp³-hybridized carbons (Fsp3) is 0.467. The van der Waals surface area contributed by atoms with E-state index in [0.717, 1.165) is 5.56 Å². The molecule has 1 amide bonds. The van der Waals surface area contributed by atoms with Crippen LogP contribution in [0.5, 0.6) is 5.75 Å². The van der Waals surface area contributed by atoms with Gasteiger partial charge in [-0.15, -0.1) is 0 Å². The van der Waals surface area contributed by atoms with Crippen molar-refractivity contribution in [3.8, 4) is 5.75 Å². The van der Waals surface area contributed by atoms with Crippen molar-refractivity contribution >= 4 is 11.7 Å². The van der Waals surface area contributed by atoms with Crippen molar-refractivity contribution < 1.29 is 14.3 Å². The molecular weight excluding hydrogens is 242 g/mol. The number of ketones is 1. The first-order valence-electron chi connectivity index (χ1n) is 6.57. The zero-order valence-electron chi connectivity index (χ0n) is 11.5. The van der Waals surface area contributed by atoms with Crippen molar-refractivity contribution in [3.05, 3.63) is 29.3 Å². The molecule has 0 saturated carbocycles. The third-order valence-electron chi connectivity index (χ3n) is 3.29. The Morgan fingerprint density at radius 2 is 2.16 bits per heavy atom. The number of hydrogen-bond acceptors (Lipinski definition) is 3. The van der Waals surface area contributed by atoms with Crippen LogP contribution in [0.1, 0.15) is 36.2 Å². The average Bonchev–Trinajstić information content (AvgIpc) is 2.52. The Kier molecular flexibility index (Phi) is 3.88. The van der Waals surface area contributed by atoms with Crippen LogP contribution in [0.3, 0.4) is 0 Å². The van der Waals surface area contributed by atoms with E-state index >= 15 is 0 Å². The molecule has 19 heavy (non-hydrogen) atoms. The van der Waals surface area contributed by atoms with Crippen molar-refractivity contribution in [2.24, 2.45) is 5.92 Å². The first-order chi connectivity index (χ1) is 9.00. The fourth-order valence-corrected chi connectivity index (χ4v) is 2.11. The lowest BCUT2D eigenvalue weighted by molar-refractivity contribution is -0.124. The molecule has 4 nitrogen and oxygen atoms in total. The molecule has 0 saturated heterocycles. The Morgan fingerprint density at radius 1 is 1.42 bits per heavy atom. The highest BCUT2D eigenvalue weighted by Gasteiger charge is 2.28. The standard InChI is InChI=1S/C15H19NO3/c1-9(2)15(18)16-12-7-8-19-14-10(3)5-4-6-11(14)13(12)17/h4-6,9,12H,7-8H2,1-3H3,(H,16,18). The minimum Gasteiger partial charge on any atom is -0.492 e. The Labute approximate surface area is 113 Å². The summed E-state index contributed by atoms with van der Waals surface area (Å²) in [6.07, 6.45) is 0.505. The predicted octanol–water partition coefficient (Wildman–Crippen LogP) is 2.10. The lowest BCUT2D eigenvalue weighted by Crippen LogP contribution is -2.42. The molecule has 1 aromatic carbocycles. The van der Waals surface area contributed by atoms with Crippen LogP contribution in [0.4, 0.5) is 0 Å². The summed E-state index contributed by atoms with van der Waals surface area (Å²) in [7, 11) is 0. The maximum absolute atomic E-state index is 12.5. The summed E-state index contributed by atoms with van der Waals surface area (Å²) in [6.45, 7) is 5.97. The summed E-state index contributed by atoms with van der Waals surface area (Å²) in [5, 5.41) is 2.80. The van der Waals surface area contributed by atoms with Crippen molar-refractivity contribution in [2.45, 2.75) is 33.2 Å². The van der Waals surface area contributed by atoms with E-state index < -0.39 is 6.04 Å². The first kappa shape index (κ1) is 13.6. The van der Waals surface area contributed by atoms with Crippen molar-refractivity contribution in [1.82, 2.24) is 5.32 Å². The van der Waals surface area contributed by atoms with Gasteiger partial charge in [-0.2, -0.15) is 0 Å². The van der Waals surface area contributed by atoms with Gasteiger partial charge in [-0.1, -0.05) is 26.0 Å². The zero-order valence-corrected chi connectivity index (χ0v) is 11.5. The predicted molar refractivity (Wildman–Crippen MR) is 72.4 cm³/mol. The molecular formula is C15H19NO3. The molecule has 1 unspecified atom stereocenters. The third-order valence-corrected chi connectivity index (χ3v) is 3.29. The highest BCUT2D eigenvalue weighted by Crippen LogP contribution is 2.27. The molecule has 1 aliphatic rings. The van der Waals surface area contributed by atoms with Gasteiger partial charge in [0.05, 0.1) is 18.2 Å². The monoisotopic (exact) mass is 261 g/mol.